The molecule has 0 aliphatic carbocycles. The maximum absolute atomic E-state index is 14.9. The molecule has 0 radical (unpaired) electrons. The van der Waals surface area contributed by atoms with E-state index in [1.165, 1.54) is 34.5 Å². The molecule has 218 valence electrons. The number of piperazine rings is 1. The zero-order valence-corrected chi connectivity index (χ0v) is 21.6. The first-order chi connectivity index (χ1) is 17.9. The monoisotopic (exact) mass is 631 g/mol. The van der Waals surface area contributed by atoms with E-state index in [4.69, 9.17) is 39.5 Å². The molecule has 2 fully saturated rings. The number of ether oxygens (including phenoxy) is 1. The van der Waals surface area contributed by atoms with E-state index in [2.05, 4.69) is 0 Å². The normalized spacial score (nSPS) is 21.9. The van der Waals surface area contributed by atoms with E-state index in [1.807, 2.05) is 0 Å². The van der Waals surface area contributed by atoms with Crippen molar-refractivity contribution in [2.24, 2.45) is 0 Å². The molecule has 1 unspecified atom stereocenters. The molecule has 0 bridgehead atoms. The minimum absolute atomic E-state index is 0.0945. The maximum atomic E-state index is 14.9. The van der Waals surface area contributed by atoms with Gasteiger partial charge in [0, 0.05) is 24.5 Å². The number of benzene rings is 1. The molecule has 19 heteroatoms. The molecule has 0 saturated carbocycles. The van der Waals surface area contributed by atoms with Crippen LogP contribution >= 0.6 is 34.8 Å². The standard InChI is InChI=1S/C20H19Cl3F7N5O4/c21-18(22,23)15(36)32-14(19(25,26)27)34-6-5-33(9-13(34)24)10-1-3-11(4-2-10)35-8-12(39-17(35)38)7-31-16(37)20(28,29)30/h1-4,12-14H,5-9H2,(H,31,37)(H,32,36)/t12?,13-,14-/m1/s1. The SMILES string of the molecule is O=C1OC(CNC(=O)C(F)(F)F)CN1c1ccc(N2CCN([C@@H](NC(=O)C(Cl)(Cl)Cl)C(F)(F)F)[C@@H](F)C2)cc1. The second kappa shape index (κ2) is 11.6. The van der Waals surface area contributed by atoms with Gasteiger partial charge in [-0.2, -0.15) is 26.3 Å². The number of hydrogen-bond acceptors (Lipinski definition) is 6. The number of hydrogen-bond donors (Lipinski definition) is 2. The molecule has 3 amide bonds. The van der Waals surface area contributed by atoms with Crippen LogP contribution in [0.15, 0.2) is 24.3 Å². The average molecular weight is 633 g/mol. The molecule has 1 aromatic carbocycles. The third-order valence-corrected chi connectivity index (χ3v) is 6.19. The van der Waals surface area contributed by atoms with Crippen LogP contribution in [0.1, 0.15) is 0 Å². The fraction of sp³-hybridized carbons (Fsp3) is 0.550. The van der Waals surface area contributed by atoms with Gasteiger partial charge >= 0.3 is 24.4 Å². The smallest absolute Gasteiger partial charge is 0.442 e. The average Bonchev–Trinajstić information content (AvgIpc) is 3.19. The number of nitrogens with zero attached hydrogens (tertiary/aromatic N) is 3. The Labute approximate surface area is 231 Å². The van der Waals surface area contributed by atoms with Crippen molar-refractivity contribution >= 4 is 64.1 Å². The van der Waals surface area contributed by atoms with Crippen molar-refractivity contribution < 1.29 is 49.9 Å². The van der Waals surface area contributed by atoms with Crippen LogP contribution in [-0.4, -0.2) is 90.2 Å². The highest BCUT2D eigenvalue weighted by Crippen LogP contribution is 2.32. The first-order valence-electron chi connectivity index (χ1n) is 10.9. The number of nitrogens with one attached hydrogen (secondary N) is 2. The quantitative estimate of drug-likeness (QED) is 0.284. The van der Waals surface area contributed by atoms with Gasteiger partial charge in [0.2, 0.25) is 0 Å². The van der Waals surface area contributed by atoms with Crippen LogP contribution in [0.4, 0.5) is 46.9 Å². The van der Waals surface area contributed by atoms with Crippen molar-refractivity contribution in [3.8, 4) is 0 Å². The molecule has 2 heterocycles. The largest absolute Gasteiger partial charge is 0.471 e. The zero-order valence-electron chi connectivity index (χ0n) is 19.3. The lowest BCUT2D eigenvalue weighted by Gasteiger charge is -2.43. The highest BCUT2D eigenvalue weighted by molar-refractivity contribution is 6.76. The minimum Gasteiger partial charge on any atom is -0.442 e. The van der Waals surface area contributed by atoms with Crippen LogP contribution in [0.5, 0.6) is 0 Å². The fourth-order valence-corrected chi connectivity index (χ4v) is 3.99. The van der Waals surface area contributed by atoms with E-state index in [-0.39, 0.29) is 18.8 Å². The molecule has 0 aromatic heterocycles. The molecule has 39 heavy (non-hydrogen) atoms. The summed E-state index contributed by atoms with van der Waals surface area (Å²) in [7, 11) is 0. The van der Waals surface area contributed by atoms with Gasteiger partial charge in [-0.25, -0.2) is 14.1 Å². The summed E-state index contributed by atoms with van der Waals surface area (Å²) in [4.78, 5) is 37.8. The summed E-state index contributed by atoms with van der Waals surface area (Å²) >= 11 is 16.0. The van der Waals surface area contributed by atoms with Crippen LogP contribution in [0.2, 0.25) is 0 Å². The number of halogens is 10. The summed E-state index contributed by atoms with van der Waals surface area (Å²) < 4.78 is 94.8. The summed E-state index contributed by atoms with van der Waals surface area (Å²) in [5.41, 5.74) is 0.659. The van der Waals surface area contributed by atoms with Crippen molar-refractivity contribution in [2.75, 3.05) is 42.5 Å². The van der Waals surface area contributed by atoms with Gasteiger partial charge in [0.25, 0.3) is 9.70 Å². The molecular formula is C20H19Cl3F7N5O4. The van der Waals surface area contributed by atoms with Gasteiger partial charge in [0.05, 0.1) is 19.6 Å². The van der Waals surface area contributed by atoms with E-state index in [0.29, 0.717) is 10.6 Å². The number of amides is 3. The lowest BCUT2D eigenvalue weighted by Crippen LogP contribution is -2.65. The van der Waals surface area contributed by atoms with Crippen LogP contribution in [0.25, 0.3) is 0 Å². The molecule has 2 saturated heterocycles. The second-order valence-electron chi connectivity index (χ2n) is 8.37. The van der Waals surface area contributed by atoms with Crippen LogP contribution in [0.3, 0.4) is 0 Å². The number of rotatable bonds is 6. The lowest BCUT2D eigenvalue weighted by atomic mass is 10.2. The highest BCUT2D eigenvalue weighted by atomic mass is 35.6. The Bertz CT molecular complexity index is 1070. The summed E-state index contributed by atoms with van der Waals surface area (Å²) in [5, 5.41) is 3.12. The van der Waals surface area contributed by atoms with Crippen molar-refractivity contribution in [2.45, 2.75) is 34.7 Å². The topological polar surface area (TPSA) is 94.2 Å². The van der Waals surface area contributed by atoms with Crippen molar-refractivity contribution in [3.05, 3.63) is 24.3 Å². The molecule has 3 atom stereocenters. The summed E-state index contributed by atoms with van der Waals surface area (Å²) in [6, 6.07) is 5.75. The Hall–Kier alpha value is -2.43. The third kappa shape index (κ3) is 7.83. The Balaban J connectivity index is 1.61. The molecule has 9 nitrogen and oxygen atoms in total. The number of carbonyl (C=O) groups is 3. The molecular weight excluding hydrogens is 614 g/mol. The van der Waals surface area contributed by atoms with Crippen LogP contribution in [0, 0.1) is 0 Å². The van der Waals surface area contributed by atoms with Crippen LogP contribution in [-0.2, 0) is 14.3 Å². The van der Waals surface area contributed by atoms with Crippen molar-refractivity contribution in [3.63, 3.8) is 0 Å². The van der Waals surface area contributed by atoms with Crippen molar-refractivity contribution in [1.82, 2.24) is 15.5 Å². The molecule has 0 spiro atoms. The Morgan fingerprint density at radius 2 is 1.56 bits per heavy atom. The Morgan fingerprint density at radius 1 is 0.974 bits per heavy atom. The van der Waals surface area contributed by atoms with Gasteiger partial charge in [0.15, 0.2) is 12.5 Å². The Kier molecular flexibility index (Phi) is 9.24. The first-order valence-corrected chi connectivity index (χ1v) is 12.0. The molecule has 1 aromatic rings. The third-order valence-electron chi connectivity index (χ3n) is 5.67. The predicted octanol–water partition coefficient (Wildman–Crippen LogP) is 3.48. The van der Waals surface area contributed by atoms with E-state index < -0.39 is 72.3 Å². The first kappa shape index (κ1) is 31.1. The van der Waals surface area contributed by atoms with Gasteiger partial charge in [-0.1, -0.05) is 34.8 Å². The number of cyclic esters (lactones) is 1. The van der Waals surface area contributed by atoms with Gasteiger partial charge in [-0.3, -0.25) is 14.5 Å². The predicted molar refractivity (Wildman–Crippen MR) is 125 cm³/mol. The Morgan fingerprint density at radius 3 is 2.08 bits per heavy atom. The fourth-order valence-electron chi connectivity index (χ4n) is 3.83. The van der Waals surface area contributed by atoms with Gasteiger partial charge in [-0.05, 0) is 24.3 Å². The maximum Gasteiger partial charge on any atom is 0.471 e. The summed E-state index contributed by atoms with van der Waals surface area (Å²) in [6.07, 6.45) is -17.0. The summed E-state index contributed by atoms with van der Waals surface area (Å²) in [6.45, 7) is -1.83. The minimum atomic E-state index is -5.09. The number of anilines is 2. The zero-order chi connectivity index (χ0) is 29.3. The second-order valence-corrected chi connectivity index (χ2v) is 10.7. The number of carbonyl (C=O) groups excluding carboxylic acids is 3. The summed E-state index contributed by atoms with van der Waals surface area (Å²) in [5.74, 6) is -3.76. The molecule has 2 aliphatic rings. The molecule has 2 N–H and O–H groups in total. The van der Waals surface area contributed by atoms with Gasteiger partial charge in [-0.15, -0.1) is 0 Å². The molecule has 3 rings (SSSR count). The molecule has 2 aliphatic heterocycles. The number of alkyl halides is 10. The van der Waals surface area contributed by atoms with E-state index in [1.54, 1.807) is 5.32 Å². The highest BCUT2D eigenvalue weighted by Gasteiger charge is 2.50. The van der Waals surface area contributed by atoms with E-state index in [9.17, 15) is 45.1 Å². The van der Waals surface area contributed by atoms with Gasteiger partial charge < -0.3 is 20.3 Å². The van der Waals surface area contributed by atoms with E-state index >= 15 is 0 Å². The van der Waals surface area contributed by atoms with Crippen LogP contribution < -0.4 is 20.4 Å². The van der Waals surface area contributed by atoms with E-state index in [0.717, 1.165) is 4.90 Å². The lowest BCUT2D eigenvalue weighted by molar-refractivity contribution is -0.209. The van der Waals surface area contributed by atoms with Crippen molar-refractivity contribution in [1.29, 1.82) is 0 Å². The van der Waals surface area contributed by atoms with Gasteiger partial charge in [0.1, 0.15) is 6.10 Å².